The van der Waals surface area contributed by atoms with Crippen LogP contribution in [0.2, 0.25) is 0 Å². The number of ether oxygens (including phenoxy) is 2. The number of carbonyl (C=O) groups excluding carboxylic acids is 1. The van der Waals surface area contributed by atoms with Gasteiger partial charge in [0.2, 0.25) is 0 Å². The predicted molar refractivity (Wildman–Crippen MR) is 168 cm³/mol. The van der Waals surface area contributed by atoms with Gasteiger partial charge in [-0.25, -0.2) is 9.78 Å². The van der Waals surface area contributed by atoms with Crippen LogP contribution in [0.25, 0.3) is 28.4 Å². The van der Waals surface area contributed by atoms with Crippen LogP contribution in [0.4, 0.5) is 5.69 Å². The van der Waals surface area contributed by atoms with Crippen molar-refractivity contribution >= 4 is 50.8 Å². The Labute approximate surface area is 253 Å². The van der Waals surface area contributed by atoms with Gasteiger partial charge in [0.15, 0.2) is 17.3 Å². The summed E-state index contributed by atoms with van der Waals surface area (Å²) in [5.74, 6) is 0.217. The van der Waals surface area contributed by atoms with Crippen LogP contribution >= 0.6 is 15.9 Å². The Hall–Kier alpha value is -5.42. The zero-order valence-corrected chi connectivity index (χ0v) is 24.3. The van der Waals surface area contributed by atoms with Crippen molar-refractivity contribution in [3.63, 3.8) is 0 Å². The van der Waals surface area contributed by atoms with Crippen LogP contribution in [-0.2, 0) is 4.79 Å². The lowest BCUT2D eigenvalue weighted by Crippen LogP contribution is -2.20. The molecule has 1 aromatic heterocycles. The van der Waals surface area contributed by atoms with Gasteiger partial charge in [0.1, 0.15) is 0 Å². The summed E-state index contributed by atoms with van der Waals surface area (Å²) in [6.07, 6.45) is 4.21. The molecule has 1 heterocycles. The molecule has 0 fully saturated rings. The van der Waals surface area contributed by atoms with Crippen molar-refractivity contribution in [1.29, 1.82) is 0 Å². The van der Waals surface area contributed by atoms with Crippen LogP contribution in [0, 0.1) is 10.1 Å². The van der Waals surface area contributed by atoms with Crippen molar-refractivity contribution in [3.8, 4) is 22.9 Å². The Bertz CT molecular complexity index is 1930. The highest BCUT2D eigenvalue weighted by molar-refractivity contribution is 9.10. The number of rotatable bonds is 9. The maximum absolute atomic E-state index is 13.4. The van der Waals surface area contributed by atoms with Crippen LogP contribution in [0.15, 0.2) is 111 Å². The second kappa shape index (κ2) is 13.0. The van der Waals surface area contributed by atoms with Gasteiger partial charge >= 0.3 is 5.97 Å². The van der Waals surface area contributed by atoms with Gasteiger partial charge in [-0.1, -0.05) is 40.2 Å². The molecule has 0 aliphatic rings. The van der Waals surface area contributed by atoms with E-state index in [1.165, 1.54) is 47.3 Å². The van der Waals surface area contributed by atoms with Gasteiger partial charge in [-0.3, -0.25) is 14.9 Å². The van der Waals surface area contributed by atoms with Crippen molar-refractivity contribution in [2.45, 2.75) is 6.92 Å². The molecule has 0 saturated heterocycles. The Balaban J connectivity index is 1.42. The molecule has 4 aromatic carbocycles. The number of halogens is 1. The molecule has 0 bridgehead atoms. The number of carbonyl (C=O) groups is 1. The number of esters is 1. The number of non-ortho nitro benzene ring substituents is 1. The first-order chi connectivity index (χ1) is 20.8. The number of nitro benzene ring substituents is 1. The molecule has 0 aliphatic heterocycles. The molecular weight excluding hydrogens is 616 g/mol. The van der Waals surface area contributed by atoms with Crippen LogP contribution in [0.1, 0.15) is 18.1 Å². The summed E-state index contributed by atoms with van der Waals surface area (Å²) < 4.78 is 13.3. The topological polar surface area (TPSA) is 126 Å². The SMILES string of the molecule is CCOc1cc(C=Nn2c(-c3ccc(Br)cc3)nc3ccccc3c2=O)ccc1OC(=O)/C=C/c1ccc([N+](=O)[O-])cc1. The summed E-state index contributed by atoms with van der Waals surface area (Å²) in [6, 6.07) is 25.1. The summed E-state index contributed by atoms with van der Waals surface area (Å²) in [6.45, 7) is 2.11. The number of hydrogen-bond donors (Lipinski definition) is 0. The summed E-state index contributed by atoms with van der Waals surface area (Å²) >= 11 is 3.43. The zero-order valence-electron chi connectivity index (χ0n) is 22.7. The standard InChI is InChI=1S/C32H23BrN4O6/c1-2-42-29-19-22(9-17-28(29)43-30(38)18-10-21-7-15-25(16-8-21)37(40)41)20-34-36-31(23-11-13-24(33)14-12-23)35-27-6-4-3-5-26(27)32(36)39/h3-20H,2H2,1H3/b18-10+,34-20?. The third-order valence-corrected chi connectivity index (χ3v) is 6.70. The van der Waals surface area contributed by atoms with Crippen molar-refractivity contribution in [2.24, 2.45) is 5.10 Å². The van der Waals surface area contributed by atoms with Crippen LogP contribution in [0.5, 0.6) is 11.5 Å². The molecule has 0 amide bonds. The highest BCUT2D eigenvalue weighted by atomic mass is 79.9. The molecule has 0 atom stereocenters. The summed E-state index contributed by atoms with van der Waals surface area (Å²) in [5, 5.41) is 15.7. The highest BCUT2D eigenvalue weighted by Crippen LogP contribution is 2.29. The van der Waals surface area contributed by atoms with E-state index in [1.807, 2.05) is 30.3 Å². The number of nitrogens with zero attached hydrogens (tertiary/aromatic N) is 4. The van der Waals surface area contributed by atoms with Crippen molar-refractivity contribution in [1.82, 2.24) is 9.66 Å². The van der Waals surface area contributed by atoms with Gasteiger partial charge in [-0.05, 0) is 78.7 Å². The van der Waals surface area contributed by atoms with Crippen molar-refractivity contribution < 1.29 is 19.2 Å². The van der Waals surface area contributed by atoms with E-state index < -0.39 is 10.9 Å². The Kier molecular flexibility index (Phi) is 8.82. The zero-order chi connectivity index (χ0) is 30.3. The first-order valence-corrected chi connectivity index (χ1v) is 13.8. The molecule has 43 heavy (non-hydrogen) atoms. The van der Waals surface area contributed by atoms with Crippen molar-refractivity contribution in [2.75, 3.05) is 6.61 Å². The van der Waals surface area contributed by atoms with E-state index >= 15 is 0 Å². The fraction of sp³-hybridized carbons (Fsp3) is 0.0625. The molecule has 5 rings (SSSR count). The van der Waals surface area contributed by atoms with E-state index in [9.17, 15) is 19.7 Å². The third kappa shape index (κ3) is 6.91. The smallest absolute Gasteiger partial charge is 0.336 e. The summed E-state index contributed by atoms with van der Waals surface area (Å²) in [7, 11) is 0. The van der Waals surface area contributed by atoms with Gasteiger partial charge < -0.3 is 9.47 Å². The fourth-order valence-corrected chi connectivity index (χ4v) is 4.38. The Morgan fingerprint density at radius 3 is 2.44 bits per heavy atom. The number of aromatic nitrogens is 2. The monoisotopic (exact) mass is 638 g/mol. The van der Waals surface area contributed by atoms with Gasteiger partial charge in [-0.15, -0.1) is 0 Å². The summed E-state index contributed by atoms with van der Waals surface area (Å²) in [5.41, 5.74) is 2.09. The summed E-state index contributed by atoms with van der Waals surface area (Å²) in [4.78, 5) is 41.0. The molecular formula is C32H23BrN4O6. The molecule has 5 aromatic rings. The number of fused-ring (bicyclic) bond motifs is 1. The molecule has 0 unspecified atom stereocenters. The predicted octanol–water partition coefficient (Wildman–Crippen LogP) is 6.63. The number of nitro groups is 1. The highest BCUT2D eigenvalue weighted by Gasteiger charge is 2.13. The molecule has 0 radical (unpaired) electrons. The molecule has 10 nitrogen and oxygen atoms in total. The number of hydrogen-bond acceptors (Lipinski definition) is 8. The maximum Gasteiger partial charge on any atom is 0.336 e. The minimum Gasteiger partial charge on any atom is -0.490 e. The van der Waals surface area contributed by atoms with Crippen LogP contribution in [0.3, 0.4) is 0 Å². The van der Waals surface area contributed by atoms with E-state index in [-0.39, 0.29) is 17.0 Å². The van der Waals surface area contributed by atoms with Gasteiger partial charge in [0, 0.05) is 28.2 Å². The van der Waals surface area contributed by atoms with Crippen LogP contribution < -0.4 is 15.0 Å². The minimum absolute atomic E-state index is 0.0454. The Morgan fingerprint density at radius 2 is 1.72 bits per heavy atom. The van der Waals surface area contributed by atoms with Gasteiger partial charge in [-0.2, -0.15) is 9.78 Å². The second-order valence-corrected chi connectivity index (χ2v) is 9.98. The normalized spacial score (nSPS) is 11.3. The van der Waals surface area contributed by atoms with E-state index in [0.717, 1.165) is 4.47 Å². The van der Waals surface area contributed by atoms with Gasteiger partial charge in [0.05, 0.1) is 28.6 Å². The Morgan fingerprint density at radius 1 is 1.00 bits per heavy atom. The average molecular weight is 639 g/mol. The molecule has 11 heteroatoms. The van der Waals surface area contributed by atoms with E-state index in [0.29, 0.717) is 45.8 Å². The lowest BCUT2D eigenvalue weighted by atomic mass is 10.2. The molecule has 0 saturated carbocycles. The van der Waals surface area contributed by atoms with E-state index in [4.69, 9.17) is 14.5 Å². The lowest BCUT2D eigenvalue weighted by Gasteiger charge is -2.11. The number of benzene rings is 4. The second-order valence-electron chi connectivity index (χ2n) is 9.06. The fourth-order valence-electron chi connectivity index (χ4n) is 4.11. The first-order valence-electron chi connectivity index (χ1n) is 13.1. The van der Waals surface area contributed by atoms with Gasteiger partial charge in [0.25, 0.3) is 11.2 Å². The van der Waals surface area contributed by atoms with Crippen LogP contribution in [-0.4, -0.2) is 33.4 Å². The quantitative estimate of drug-likeness (QED) is 0.0442. The largest absolute Gasteiger partial charge is 0.490 e. The maximum atomic E-state index is 13.4. The van der Waals surface area contributed by atoms with Crippen molar-refractivity contribution in [3.05, 3.63) is 133 Å². The number of para-hydroxylation sites is 1. The molecule has 214 valence electrons. The lowest BCUT2D eigenvalue weighted by molar-refractivity contribution is -0.384. The third-order valence-electron chi connectivity index (χ3n) is 6.17. The van der Waals surface area contributed by atoms with E-state index in [1.54, 1.807) is 43.3 Å². The average Bonchev–Trinajstić information content (AvgIpc) is 3.01. The molecule has 0 N–H and O–H groups in total. The molecule has 0 aliphatic carbocycles. The minimum atomic E-state index is -0.659. The first kappa shape index (κ1) is 29.1. The van der Waals surface area contributed by atoms with E-state index in [2.05, 4.69) is 21.0 Å². The molecule has 0 spiro atoms.